The molecule has 0 radical (unpaired) electrons. The van der Waals surface area contributed by atoms with Gasteiger partial charge in [0.05, 0.1) is 38.9 Å². The van der Waals surface area contributed by atoms with Crippen LogP contribution >= 0.6 is 0 Å². The van der Waals surface area contributed by atoms with Crippen LogP contribution in [0.4, 0.5) is 4.79 Å². The Morgan fingerprint density at radius 2 is 1.80 bits per heavy atom. The van der Waals surface area contributed by atoms with Gasteiger partial charge in [-0.25, -0.2) is 4.79 Å². The Kier molecular flexibility index (Phi) is 5.89. The van der Waals surface area contributed by atoms with Crippen molar-refractivity contribution >= 4 is 12.1 Å². The summed E-state index contributed by atoms with van der Waals surface area (Å²) < 4.78 is 10.7. The molecule has 0 aliphatic carbocycles. The molecule has 0 spiro atoms. The molecular formula is C18H26N2O5. The van der Waals surface area contributed by atoms with Gasteiger partial charge in [-0.2, -0.15) is 0 Å². The molecule has 2 rings (SSSR count). The fourth-order valence-corrected chi connectivity index (χ4v) is 3.01. The number of methoxy groups -OCH3 is 1. The van der Waals surface area contributed by atoms with Gasteiger partial charge in [-0.15, -0.1) is 0 Å². The maximum absolute atomic E-state index is 12.1. The maximum Gasteiger partial charge on any atom is 0.410 e. The number of carbonyl (C=O) groups excluding carboxylic acids is 2. The number of carboxylic acid groups (broad SMARTS) is 1. The Morgan fingerprint density at radius 3 is 2.32 bits per heavy atom. The number of carbonyl (C=O) groups is 2. The number of nitrogens with one attached hydrogen (secondary N) is 1. The molecule has 1 aromatic carbocycles. The molecule has 1 fully saturated rings. The van der Waals surface area contributed by atoms with Crippen LogP contribution < -0.4 is 14.7 Å². The fourth-order valence-electron chi connectivity index (χ4n) is 3.01. The summed E-state index contributed by atoms with van der Waals surface area (Å²) in [6.07, 6.45) is -0.367. The average molecular weight is 350 g/mol. The van der Waals surface area contributed by atoms with Crippen LogP contribution in [0.3, 0.4) is 0 Å². The van der Waals surface area contributed by atoms with Gasteiger partial charge < -0.3 is 24.3 Å². The lowest BCUT2D eigenvalue weighted by molar-refractivity contribution is -0.928. The first-order valence-electron chi connectivity index (χ1n) is 8.39. The van der Waals surface area contributed by atoms with Crippen LogP contribution in [0, 0.1) is 0 Å². The van der Waals surface area contributed by atoms with E-state index in [9.17, 15) is 14.7 Å². The van der Waals surface area contributed by atoms with Gasteiger partial charge >= 0.3 is 6.09 Å². The van der Waals surface area contributed by atoms with Crippen molar-refractivity contribution in [3.8, 4) is 5.75 Å². The number of para-hydroxylation sites is 1. The molecule has 0 unspecified atom stereocenters. The molecule has 1 aliphatic heterocycles. The Labute approximate surface area is 148 Å². The van der Waals surface area contributed by atoms with Gasteiger partial charge in [0, 0.05) is 0 Å². The van der Waals surface area contributed by atoms with Crippen LogP contribution in [-0.2, 0) is 9.53 Å². The number of hydrogen-bond donors (Lipinski definition) is 1. The first kappa shape index (κ1) is 19.1. The molecule has 25 heavy (non-hydrogen) atoms. The van der Waals surface area contributed by atoms with Crippen molar-refractivity contribution in [2.75, 3.05) is 33.3 Å². The molecule has 7 nitrogen and oxygen atoms in total. The fraction of sp³-hybridized carbons (Fsp3) is 0.556. The number of benzene rings is 1. The largest absolute Gasteiger partial charge is 0.544 e. The number of quaternary nitrogens is 1. The van der Waals surface area contributed by atoms with Crippen LogP contribution in [-0.4, -0.2) is 55.9 Å². The monoisotopic (exact) mass is 350 g/mol. The second kappa shape index (κ2) is 7.74. The van der Waals surface area contributed by atoms with E-state index in [1.54, 1.807) is 29.2 Å². The van der Waals surface area contributed by atoms with Gasteiger partial charge in [0.25, 0.3) is 0 Å². The van der Waals surface area contributed by atoms with Crippen molar-refractivity contribution in [3.05, 3.63) is 29.8 Å². The summed E-state index contributed by atoms with van der Waals surface area (Å²) in [5.74, 6) is -0.621. The van der Waals surface area contributed by atoms with Crippen molar-refractivity contribution < 1.29 is 29.1 Å². The summed E-state index contributed by atoms with van der Waals surface area (Å²) in [5.41, 5.74) is 0.0390. The standard InChI is InChI=1S/C18H26N2O5/c1-18(2,3)25-17(23)20-11-9-19(10-12-20)15(16(21)22)13-7-5-6-8-14(13)24-4/h5-8,15H,9-12H2,1-4H3,(H,21,22)/t15-/m0/s1. The van der Waals surface area contributed by atoms with E-state index in [1.807, 2.05) is 20.8 Å². The number of nitrogens with zero attached hydrogens (tertiary/aromatic N) is 1. The molecule has 7 heteroatoms. The summed E-state index contributed by atoms with van der Waals surface area (Å²) in [4.78, 5) is 26.4. The van der Waals surface area contributed by atoms with Crippen molar-refractivity contribution in [1.29, 1.82) is 0 Å². The molecule has 138 valence electrons. The van der Waals surface area contributed by atoms with Gasteiger partial charge in [-0.3, -0.25) is 4.90 Å². The van der Waals surface area contributed by atoms with Gasteiger partial charge in [0.15, 0.2) is 6.04 Å². The van der Waals surface area contributed by atoms with E-state index in [1.165, 1.54) is 7.11 Å². The highest BCUT2D eigenvalue weighted by Crippen LogP contribution is 2.23. The van der Waals surface area contributed by atoms with Crippen molar-refractivity contribution in [1.82, 2.24) is 4.90 Å². The van der Waals surface area contributed by atoms with Gasteiger partial charge in [0.1, 0.15) is 17.3 Å². The lowest BCUT2D eigenvalue weighted by atomic mass is 10.0. The van der Waals surface area contributed by atoms with Crippen molar-refractivity contribution in [3.63, 3.8) is 0 Å². The summed E-state index contributed by atoms with van der Waals surface area (Å²) in [6, 6.07) is 6.22. The Bertz CT molecular complexity index is 618. The highest BCUT2D eigenvalue weighted by Gasteiger charge is 2.34. The third kappa shape index (κ3) is 4.85. The van der Waals surface area contributed by atoms with Crippen molar-refractivity contribution in [2.45, 2.75) is 32.4 Å². The van der Waals surface area contributed by atoms with E-state index in [4.69, 9.17) is 9.47 Å². The molecule has 0 saturated carbocycles. The van der Waals surface area contributed by atoms with E-state index in [2.05, 4.69) is 0 Å². The minimum Gasteiger partial charge on any atom is -0.544 e. The second-order valence-electron chi connectivity index (χ2n) is 7.12. The molecule has 0 aromatic heterocycles. The minimum atomic E-state index is -1.15. The highest BCUT2D eigenvalue weighted by molar-refractivity contribution is 5.73. The molecule has 1 heterocycles. The first-order chi connectivity index (χ1) is 11.7. The van der Waals surface area contributed by atoms with E-state index in [-0.39, 0.29) is 6.09 Å². The predicted molar refractivity (Wildman–Crippen MR) is 89.2 cm³/mol. The summed E-state index contributed by atoms with van der Waals surface area (Å²) in [6.45, 7) is 7.32. The van der Waals surface area contributed by atoms with Crippen LogP contribution in [0.5, 0.6) is 5.75 Å². The molecule has 1 atom stereocenters. The number of hydrogen-bond acceptors (Lipinski definition) is 5. The Hall–Kier alpha value is -2.28. The lowest BCUT2D eigenvalue weighted by Gasteiger charge is -2.37. The molecular weight excluding hydrogens is 324 g/mol. The van der Waals surface area contributed by atoms with Crippen LogP contribution in [0.2, 0.25) is 0 Å². The van der Waals surface area contributed by atoms with Gasteiger partial charge in [-0.05, 0) is 32.9 Å². The van der Waals surface area contributed by atoms with E-state index >= 15 is 0 Å². The van der Waals surface area contributed by atoms with Crippen LogP contribution in [0.1, 0.15) is 32.4 Å². The summed E-state index contributed by atoms with van der Waals surface area (Å²) in [5, 5.41) is 11.8. The maximum atomic E-state index is 12.1. The van der Waals surface area contributed by atoms with Crippen molar-refractivity contribution in [2.24, 2.45) is 0 Å². The Morgan fingerprint density at radius 1 is 1.20 bits per heavy atom. The number of rotatable bonds is 4. The lowest BCUT2D eigenvalue weighted by Crippen LogP contribution is -3.16. The number of aliphatic carboxylic acids is 1. The number of ether oxygens (including phenoxy) is 2. The second-order valence-corrected chi connectivity index (χ2v) is 7.12. The predicted octanol–water partition coefficient (Wildman–Crippen LogP) is -0.378. The number of piperazine rings is 1. The summed E-state index contributed by atoms with van der Waals surface area (Å²) >= 11 is 0. The smallest absolute Gasteiger partial charge is 0.410 e. The van der Waals surface area contributed by atoms with E-state index in [0.717, 1.165) is 4.90 Å². The molecule has 1 aromatic rings. The average Bonchev–Trinajstić information content (AvgIpc) is 2.54. The normalized spacial score (nSPS) is 17.0. The number of amides is 1. The van der Waals surface area contributed by atoms with Crippen LogP contribution in [0.15, 0.2) is 24.3 Å². The third-order valence-electron chi connectivity index (χ3n) is 4.15. The van der Waals surface area contributed by atoms with Gasteiger partial charge in [0.2, 0.25) is 0 Å². The molecule has 1 saturated heterocycles. The quantitative estimate of drug-likeness (QED) is 0.801. The highest BCUT2D eigenvalue weighted by atomic mass is 16.6. The zero-order chi connectivity index (χ0) is 18.6. The number of carboxylic acids is 1. The topological polar surface area (TPSA) is 83.3 Å². The van der Waals surface area contributed by atoms with Gasteiger partial charge in [-0.1, -0.05) is 12.1 Å². The van der Waals surface area contributed by atoms with Crippen LogP contribution in [0.25, 0.3) is 0 Å². The Balaban J connectivity index is 2.09. The zero-order valence-electron chi connectivity index (χ0n) is 15.2. The zero-order valence-corrected chi connectivity index (χ0v) is 15.2. The third-order valence-corrected chi connectivity index (χ3v) is 4.15. The summed E-state index contributed by atoms with van der Waals surface area (Å²) in [7, 11) is 1.51. The molecule has 1 aliphatic rings. The molecule has 1 N–H and O–H groups in total. The first-order valence-corrected chi connectivity index (χ1v) is 8.39. The molecule has 1 amide bonds. The SMILES string of the molecule is COc1ccccc1[C@@H](C(=O)[O-])[NH+]1CCN(C(=O)OC(C)(C)C)CC1. The van der Waals surface area contributed by atoms with E-state index < -0.39 is 17.6 Å². The minimum absolute atomic E-state index is 0.367. The molecule has 0 bridgehead atoms. The van der Waals surface area contributed by atoms with E-state index in [0.29, 0.717) is 37.5 Å².